The van der Waals surface area contributed by atoms with Crippen LogP contribution in [0.4, 0.5) is 5.95 Å². The van der Waals surface area contributed by atoms with Crippen LogP contribution in [0.3, 0.4) is 0 Å². The Hall–Kier alpha value is -1.16. The Labute approximate surface area is 129 Å². The number of nitrogens with zero attached hydrogens (tertiary/aromatic N) is 3. The van der Waals surface area contributed by atoms with Crippen LogP contribution in [-0.4, -0.2) is 28.1 Å². The highest BCUT2D eigenvalue weighted by molar-refractivity contribution is 5.35. The van der Waals surface area contributed by atoms with Crippen molar-refractivity contribution in [3.8, 4) is 0 Å². The normalized spacial score (nSPS) is 23.4. The van der Waals surface area contributed by atoms with Crippen molar-refractivity contribution in [3.05, 3.63) is 17.5 Å². The van der Waals surface area contributed by atoms with Crippen LogP contribution in [0, 0.1) is 12.8 Å². The largest absolute Gasteiger partial charge is 0.338 e. The molecule has 0 amide bonds. The number of aromatic nitrogens is 2. The maximum absolute atomic E-state index is 4.76. The molecule has 1 aromatic rings. The molecule has 1 aliphatic rings. The average molecular weight is 290 g/mol. The molecule has 4 nitrogen and oxygen atoms in total. The van der Waals surface area contributed by atoms with Gasteiger partial charge in [0, 0.05) is 42.1 Å². The van der Waals surface area contributed by atoms with E-state index in [0.717, 1.165) is 30.6 Å². The quantitative estimate of drug-likeness (QED) is 0.927. The molecule has 1 fully saturated rings. The summed E-state index contributed by atoms with van der Waals surface area (Å²) in [4.78, 5) is 11.7. The van der Waals surface area contributed by atoms with E-state index in [1.54, 1.807) is 0 Å². The second-order valence-electron chi connectivity index (χ2n) is 7.57. The van der Waals surface area contributed by atoms with Crippen LogP contribution in [0.5, 0.6) is 0 Å². The van der Waals surface area contributed by atoms with E-state index in [1.165, 1.54) is 18.4 Å². The maximum atomic E-state index is 4.76. The summed E-state index contributed by atoms with van der Waals surface area (Å²) >= 11 is 0. The van der Waals surface area contributed by atoms with Gasteiger partial charge in [0.2, 0.25) is 5.95 Å². The standard InChI is InChI=1S/C17H30N4/c1-12-7-8-13(2)21(11-12)16-18-9-15(14(3)20-16)10-19-17(4,5)6/h9,12-13,19H,7-8,10-11H2,1-6H3. The first-order valence-corrected chi connectivity index (χ1v) is 8.10. The molecule has 2 rings (SSSR count). The highest BCUT2D eigenvalue weighted by Crippen LogP contribution is 2.25. The number of anilines is 1. The fourth-order valence-electron chi connectivity index (χ4n) is 2.72. The first kappa shape index (κ1) is 16.2. The number of aryl methyl sites for hydroxylation is 1. The third kappa shape index (κ3) is 4.40. The summed E-state index contributed by atoms with van der Waals surface area (Å²) in [5.74, 6) is 1.62. The van der Waals surface area contributed by atoms with Crippen molar-refractivity contribution >= 4 is 5.95 Å². The molecule has 0 aliphatic carbocycles. The fraction of sp³-hybridized carbons (Fsp3) is 0.765. The van der Waals surface area contributed by atoms with Gasteiger partial charge in [0.1, 0.15) is 0 Å². The SMILES string of the molecule is Cc1nc(N2CC(C)CCC2C)ncc1CNC(C)(C)C. The molecule has 118 valence electrons. The zero-order chi connectivity index (χ0) is 15.6. The first-order chi connectivity index (χ1) is 9.76. The predicted molar refractivity (Wildman–Crippen MR) is 88.6 cm³/mol. The average Bonchev–Trinajstić information content (AvgIpc) is 2.39. The molecule has 0 saturated carbocycles. The first-order valence-electron chi connectivity index (χ1n) is 8.10. The van der Waals surface area contributed by atoms with E-state index in [-0.39, 0.29) is 5.54 Å². The van der Waals surface area contributed by atoms with Crippen molar-refractivity contribution < 1.29 is 0 Å². The van der Waals surface area contributed by atoms with Crippen LogP contribution in [0.25, 0.3) is 0 Å². The number of rotatable bonds is 3. The molecule has 1 aromatic heterocycles. The van der Waals surface area contributed by atoms with Gasteiger partial charge in [-0.15, -0.1) is 0 Å². The number of hydrogen-bond donors (Lipinski definition) is 1. The highest BCUT2D eigenvalue weighted by Gasteiger charge is 2.25. The zero-order valence-electron chi connectivity index (χ0n) is 14.4. The minimum Gasteiger partial charge on any atom is -0.338 e. The third-order valence-corrected chi connectivity index (χ3v) is 4.25. The molecule has 0 radical (unpaired) electrons. The topological polar surface area (TPSA) is 41.1 Å². The minimum atomic E-state index is 0.113. The predicted octanol–water partition coefficient (Wildman–Crippen LogP) is 3.30. The Morgan fingerprint density at radius 1 is 1.29 bits per heavy atom. The summed E-state index contributed by atoms with van der Waals surface area (Å²) < 4.78 is 0. The molecule has 0 bridgehead atoms. The van der Waals surface area contributed by atoms with E-state index in [9.17, 15) is 0 Å². The second kappa shape index (κ2) is 6.30. The van der Waals surface area contributed by atoms with Crippen molar-refractivity contribution in [2.24, 2.45) is 5.92 Å². The monoisotopic (exact) mass is 290 g/mol. The summed E-state index contributed by atoms with van der Waals surface area (Å²) in [7, 11) is 0. The zero-order valence-corrected chi connectivity index (χ0v) is 14.4. The molecular formula is C17H30N4. The van der Waals surface area contributed by atoms with Gasteiger partial charge in [-0.3, -0.25) is 0 Å². The Morgan fingerprint density at radius 2 is 2.00 bits per heavy atom. The van der Waals surface area contributed by atoms with Crippen molar-refractivity contribution in [1.82, 2.24) is 15.3 Å². The molecular weight excluding hydrogens is 260 g/mol. The summed E-state index contributed by atoms with van der Waals surface area (Å²) in [5.41, 5.74) is 2.38. The lowest BCUT2D eigenvalue weighted by molar-refractivity contribution is 0.385. The Balaban J connectivity index is 2.11. The van der Waals surface area contributed by atoms with Crippen molar-refractivity contribution in [1.29, 1.82) is 0 Å². The molecule has 2 heterocycles. The van der Waals surface area contributed by atoms with Crippen LogP contribution in [0.1, 0.15) is 58.7 Å². The van der Waals surface area contributed by atoms with Gasteiger partial charge < -0.3 is 10.2 Å². The Morgan fingerprint density at radius 3 is 2.62 bits per heavy atom. The fourth-order valence-corrected chi connectivity index (χ4v) is 2.72. The number of hydrogen-bond acceptors (Lipinski definition) is 4. The second-order valence-corrected chi connectivity index (χ2v) is 7.57. The lowest BCUT2D eigenvalue weighted by atomic mass is 9.95. The van der Waals surface area contributed by atoms with Crippen molar-refractivity contribution in [2.45, 2.75) is 72.5 Å². The maximum Gasteiger partial charge on any atom is 0.225 e. The van der Waals surface area contributed by atoms with E-state index in [2.05, 4.69) is 56.7 Å². The summed E-state index contributed by atoms with van der Waals surface area (Å²) in [6.07, 6.45) is 4.53. The highest BCUT2D eigenvalue weighted by atomic mass is 15.3. The van der Waals surface area contributed by atoms with Crippen molar-refractivity contribution in [3.63, 3.8) is 0 Å². The van der Waals surface area contributed by atoms with Crippen LogP contribution in [-0.2, 0) is 6.54 Å². The molecule has 2 unspecified atom stereocenters. The smallest absolute Gasteiger partial charge is 0.225 e. The summed E-state index contributed by atoms with van der Waals surface area (Å²) in [6, 6.07) is 0.541. The van der Waals surface area contributed by atoms with Gasteiger partial charge in [-0.05, 0) is 53.4 Å². The Bertz CT molecular complexity index is 478. The molecule has 21 heavy (non-hydrogen) atoms. The van der Waals surface area contributed by atoms with E-state index in [0.29, 0.717) is 6.04 Å². The molecule has 2 atom stereocenters. The van der Waals surface area contributed by atoms with Gasteiger partial charge in [-0.1, -0.05) is 6.92 Å². The number of nitrogens with one attached hydrogen (secondary N) is 1. The summed E-state index contributed by atoms with van der Waals surface area (Å²) in [6.45, 7) is 15.1. The van der Waals surface area contributed by atoms with Gasteiger partial charge >= 0.3 is 0 Å². The third-order valence-electron chi connectivity index (χ3n) is 4.25. The molecule has 4 heteroatoms. The van der Waals surface area contributed by atoms with Gasteiger partial charge in [-0.25, -0.2) is 9.97 Å². The molecule has 0 aromatic carbocycles. The van der Waals surface area contributed by atoms with Crippen molar-refractivity contribution in [2.75, 3.05) is 11.4 Å². The lowest BCUT2D eigenvalue weighted by Gasteiger charge is -2.37. The molecule has 1 aliphatic heterocycles. The van der Waals surface area contributed by atoms with Crippen LogP contribution >= 0.6 is 0 Å². The Kier molecular flexibility index (Phi) is 4.87. The minimum absolute atomic E-state index is 0.113. The van der Waals surface area contributed by atoms with Gasteiger partial charge in [0.15, 0.2) is 0 Å². The molecule has 1 N–H and O–H groups in total. The van der Waals surface area contributed by atoms with E-state index < -0.39 is 0 Å². The van der Waals surface area contributed by atoms with E-state index >= 15 is 0 Å². The lowest BCUT2D eigenvalue weighted by Crippen LogP contribution is -2.42. The van der Waals surface area contributed by atoms with Gasteiger partial charge in [-0.2, -0.15) is 0 Å². The van der Waals surface area contributed by atoms with E-state index in [4.69, 9.17) is 4.98 Å². The molecule has 0 spiro atoms. The van der Waals surface area contributed by atoms with E-state index in [1.807, 2.05) is 6.20 Å². The molecule has 1 saturated heterocycles. The van der Waals surface area contributed by atoms with Gasteiger partial charge in [0.25, 0.3) is 0 Å². The van der Waals surface area contributed by atoms with Crippen LogP contribution in [0.2, 0.25) is 0 Å². The number of piperidine rings is 1. The van der Waals surface area contributed by atoms with Crippen LogP contribution < -0.4 is 10.2 Å². The van der Waals surface area contributed by atoms with Gasteiger partial charge in [0.05, 0.1) is 0 Å². The summed E-state index contributed by atoms with van der Waals surface area (Å²) in [5, 5.41) is 3.50. The van der Waals surface area contributed by atoms with Crippen LogP contribution in [0.15, 0.2) is 6.20 Å².